The highest BCUT2D eigenvalue weighted by Crippen LogP contribution is 2.31. The van der Waals surface area contributed by atoms with E-state index in [1.165, 1.54) is 16.7 Å². The van der Waals surface area contributed by atoms with Crippen molar-refractivity contribution in [3.05, 3.63) is 121 Å². The van der Waals surface area contributed by atoms with Crippen molar-refractivity contribution in [1.29, 1.82) is 0 Å². The van der Waals surface area contributed by atoms with Crippen LogP contribution in [-0.2, 0) is 25.7 Å². The smallest absolute Gasteiger partial charge is 0.325 e. The zero-order valence-corrected chi connectivity index (χ0v) is 20.1. The van der Waals surface area contributed by atoms with Crippen molar-refractivity contribution in [2.24, 2.45) is 0 Å². The van der Waals surface area contributed by atoms with Gasteiger partial charge in [0.2, 0.25) is 5.95 Å². The van der Waals surface area contributed by atoms with Gasteiger partial charge in [-0.15, -0.1) is 0 Å². The molecule has 36 heavy (non-hydrogen) atoms. The number of hydrogen-bond acceptors (Lipinski definition) is 4. The predicted molar refractivity (Wildman–Crippen MR) is 133 cm³/mol. The molecule has 1 heterocycles. The van der Waals surface area contributed by atoms with Crippen molar-refractivity contribution >= 4 is 34.8 Å². The average molecular weight is 535 g/mol. The summed E-state index contributed by atoms with van der Waals surface area (Å²) < 4.78 is 41.7. The maximum Gasteiger partial charge on any atom is 0.416 e. The molecule has 0 spiro atoms. The molecule has 0 saturated heterocycles. The Morgan fingerprint density at radius 2 is 1.58 bits per heavy atom. The highest BCUT2D eigenvalue weighted by atomic mass is 35.5. The molecule has 4 rings (SSSR count). The topological polar surface area (TPSA) is 68.9 Å². The van der Waals surface area contributed by atoms with E-state index in [9.17, 15) is 22.8 Å². The molecule has 0 amide bonds. The van der Waals surface area contributed by atoms with Crippen LogP contribution in [0.2, 0.25) is 10.0 Å². The van der Waals surface area contributed by atoms with Gasteiger partial charge < -0.3 is 5.32 Å². The van der Waals surface area contributed by atoms with Gasteiger partial charge in [-0.2, -0.15) is 18.2 Å². The standard InChI is InChI=1S/C25H19Cl2F3N4O2/c26-20-10-9-17(13-21(20)27)15-34-22(31-19-8-4-7-18(14-19)25(28,29)30)32-23(35)33(24(34)36)12-11-16-5-2-1-3-6-16/h1-10,13-14H,11-12,15H2,(H,31,32,35). The fraction of sp³-hybridized carbons (Fsp3) is 0.160. The summed E-state index contributed by atoms with van der Waals surface area (Å²) in [5.74, 6) is -0.202. The van der Waals surface area contributed by atoms with Crippen LogP contribution in [-0.4, -0.2) is 14.1 Å². The molecule has 0 unspecified atom stereocenters. The monoisotopic (exact) mass is 534 g/mol. The van der Waals surface area contributed by atoms with E-state index in [0.29, 0.717) is 17.0 Å². The van der Waals surface area contributed by atoms with E-state index in [4.69, 9.17) is 23.2 Å². The number of nitrogens with zero attached hydrogens (tertiary/aromatic N) is 3. The first kappa shape index (κ1) is 25.5. The number of halogens is 5. The third-order valence-electron chi connectivity index (χ3n) is 5.39. The lowest BCUT2D eigenvalue weighted by Crippen LogP contribution is -2.43. The van der Waals surface area contributed by atoms with Gasteiger partial charge in [-0.3, -0.25) is 4.57 Å². The molecule has 0 radical (unpaired) electrons. The van der Waals surface area contributed by atoms with Gasteiger partial charge in [0, 0.05) is 12.2 Å². The van der Waals surface area contributed by atoms with Crippen molar-refractivity contribution in [3.63, 3.8) is 0 Å². The summed E-state index contributed by atoms with van der Waals surface area (Å²) in [6, 6.07) is 18.4. The summed E-state index contributed by atoms with van der Waals surface area (Å²) in [5.41, 5.74) is -0.870. The summed E-state index contributed by atoms with van der Waals surface area (Å²) in [4.78, 5) is 30.2. The molecule has 0 aliphatic rings. The van der Waals surface area contributed by atoms with E-state index < -0.39 is 23.1 Å². The number of nitrogens with one attached hydrogen (secondary N) is 1. The Kier molecular flexibility index (Phi) is 7.51. The zero-order valence-electron chi connectivity index (χ0n) is 18.6. The van der Waals surface area contributed by atoms with Gasteiger partial charge in [0.25, 0.3) is 0 Å². The number of hydrogen-bond donors (Lipinski definition) is 1. The number of aromatic nitrogens is 3. The van der Waals surface area contributed by atoms with E-state index >= 15 is 0 Å². The maximum atomic E-state index is 13.4. The third kappa shape index (κ3) is 5.98. The Labute approximate surface area is 213 Å². The second-order valence-electron chi connectivity index (χ2n) is 7.93. The third-order valence-corrected chi connectivity index (χ3v) is 6.13. The Morgan fingerprint density at radius 3 is 2.28 bits per heavy atom. The van der Waals surface area contributed by atoms with Crippen LogP contribution in [0, 0.1) is 0 Å². The molecule has 11 heteroatoms. The number of aryl methyl sites for hydroxylation is 1. The number of rotatable bonds is 7. The summed E-state index contributed by atoms with van der Waals surface area (Å²) in [5, 5.41) is 3.28. The van der Waals surface area contributed by atoms with Crippen molar-refractivity contribution in [1.82, 2.24) is 14.1 Å². The lowest BCUT2D eigenvalue weighted by molar-refractivity contribution is -0.137. The Morgan fingerprint density at radius 1 is 0.833 bits per heavy atom. The van der Waals surface area contributed by atoms with Crippen molar-refractivity contribution < 1.29 is 13.2 Å². The van der Waals surface area contributed by atoms with Crippen LogP contribution in [0.1, 0.15) is 16.7 Å². The van der Waals surface area contributed by atoms with Crippen LogP contribution in [0.5, 0.6) is 0 Å². The number of anilines is 2. The Hall–Kier alpha value is -3.56. The predicted octanol–water partition coefficient (Wildman–Crippen LogP) is 5.77. The van der Waals surface area contributed by atoms with Gasteiger partial charge in [-0.05, 0) is 47.9 Å². The number of benzene rings is 3. The van der Waals surface area contributed by atoms with Crippen molar-refractivity contribution in [3.8, 4) is 0 Å². The minimum absolute atomic E-state index is 0.0149. The molecule has 1 N–H and O–H groups in total. The summed E-state index contributed by atoms with van der Waals surface area (Å²) in [6.07, 6.45) is -4.16. The Balaban J connectivity index is 1.75. The minimum atomic E-state index is -4.56. The molecule has 4 aromatic rings. The van der Waals surface area contributed by atoms with Crippen LogP contribution in [0.25, 0.3) is 0 Å². The Bertz CT molecular complexity index is 1500. The fourth-order valence-corrected chi connectivity index (χ4v) is 3.89. The fourth-order valence-electron chi connectivity index (χ4n) is 3.57. The quantitative estimate of drug-likeness (QED) is 0.327. The minimum Gasteiger partial charge on any atom is -0.325 e. The summed E-state index contributed by atoms with van der Waals surface area (Å²) in [7, 11) is 0. The van der Waals surface area contributed by atoms with Gasteiger partial charge in [0.05, 0.1) is 22.2 Å². The molecule has 1 aromatic heterocycles. The molecular weight excluding hydrogens is 516 g/mol. The van der Waals surface area contributed by atoms with Gasteiger partial charge >= 0.3 is 17.6 Å². The van der Waals surface area contributed by atoms with E-state index in [1.807, 2.05) is 30.3 Å². The average Bonchev–Trinajstić information content (AvgIpc) is 2.84. The molecule has 3 aromatic carbocycles. The molecule has 0 fully saturated rings. The van der Waals surface area contributed by atoms with Gasteiger partial charge in [0.1, 0.15) is 0 Å². The van der Waals surface area contributed by atoms with Crippen molar-refractivity contribution in [2.45, 2.75) is 25.7 Å². The van der Waals surface area contributed by atoms with Gasteiger partial charge in [0.15, 0.2) is 0 Å². The highest BCUT2D eigenvalue weighted by molar-refractivity contribution is 6.42. The van der Waals surface area contributed by atoms with E-state index in [0.717, 1.165) is 22.3 Å². The molecule has 6 nitrogen and oxygen atoms in total. The van der Waals surface area contributed by atoms with Crippen LogP contribution < -0.4 is 16.7 Å². The zero-order chi connectivity index (χ0) is 25.9. The highest BCUT2D eigenvalue weighted by Gasteiger charge is 2.30. The molecule has 0 atom stereocenters. The van der Waals surface area contributed by atoms with E-state index in [-0.39, 0.29) is 29.7 Å². The molecule has 0 aliphatic heterocycles. The first-order chi connectivity index (χ1) is 17.1. The molecule has 0 saturated carbocycles. The second kappa shape index (κ2) is 10.6. The van der Waals surface area contributed by atoms with Crippen molar-refractivity contribution in [2.75, 3.05) is 5.32 Å². The van der Waals surface area contributed by atoms with Gasteiger partial charge in [-0.25, -0.2) is 14.2 Å². The second-order valence-corrected chi connectivity index (χ2v) is 8.74. The first-order valence-corrected chi connectivity index (χ1v) is 11.5. The lowest BCUT2D eigenvalue weighted by Gasteiger charge is -2.17. The van der Waals surface area contributed by atoms with Crippen LogP contribution >= 0.6 is 23.2 Å². The van der Waals surface area contributed by atoms with Crippen LogP contribution in [0.4, 0.5) is 24.8 Å². The van der Waals surface area contributed by atoms with Crippen LogP contribution in [0.15, 0.2) is 82.4 Å². The lowest BCUT2D eigenvalue weighted by atomic mass is 10.1. The normalized spacial score (nSPS) is 11.5. The summed E-state index contributed by atoms with van der Waals surface area (Å²) in [6.45, 7) is 0.00945. The first-order valence-electron chi connectivity index (χ1n) is 10.8. The molecule has 0 aliphatic carbocycles. The molecule has 186 valence electrons. The van der Waals surface area contributed by atoms with Crippen LogP contribution in [0.3, 0.4) is 0 Å². The molecule has 0 bridgehead atoms. The maximum absolute atomic E-state index is 13.4. The SMILES string of the molecule is O=c1nc(Nc2cccc(C(F)(F)F)c2)n(Cc2ccc(Cl)c(Cl)c2)c(=O)n1CCc1ccccc1. The van der Waals surface area contributed by atoms with E-state index in [1.54, 1.807) is 18.2 Å². The summed E-state index contributed by atoms with van der Waals surface area (Å²) >= 11 is 12.1. The molecular formula is C25H19Cl2F3N4O2. The van der Waals surface area contributed by atoms with E-state index in [2.05, 4.69) is 10.3 Å². The number of alkyl halides is 3. The van der Waals surface area contributed by atoms with Gasteiger partial charge in [-0.1, -0.05) is 65.7 Å². The largest absolute Gasteiger partial charge is 0.416 e.